The first kappa shape index (κ1) is 12.1. The van der Waals surface area contributed by atoms with Gasteiger partial charge < -0.3 is 9.84 Å². The van der Waals surface area contributed by atoms with Crippen LogP contribution in [-0.2, 0) is 6.42 Å². The summed E-state index contributed by atoms with van der Waals surface area (Å²) < 4.78 is 5.09. The molecule has 2 nitrogen and oxygen atoms in total. The van der Waals surface area contributed by atoms with Crippen LogP contribution in [0.1, 0.15) is 32.3 Å². The Hall–Kier alpha value is -1.02. The molecule has 0 saturated carbocycles. The minimum absolute atomic E-state index is 0.549. The third-order valence-electron chi connectivity index (χ3n) is 2.41. The molecule has 0 aliphatic rings. The lowest BCUT2D eigenvalue weighted by molar-refractivity contribution is 0.0689. The maximum absolute atomic E-state index is 9.56. The highest BCUT2D eigenvalue weighted by Crippen LogP contribution is 2.16. The van der Waals surface area contributed by atoms with Gasteiger partial charge in [-0.3, -0.25) is 0 Å². The molecule has 1 N–H and O–H groups in total. The van der Waals surface area contributed by atoms with E-state index in [2.05, 4.69) is 12.1 Å². The van der Waals surface area contributed by atoms with E-state index in [1.807, 2.05) is 26.0 Å². The molecule has 0 aromatic heterocycles. The summed E-state index contributed by atoms with van der Waals surface area (Å²) in [7, 11) is 1.67. The summed E-state index contributed by atoms with van der Waals surface area (Å²) in [6.07, 6.45) is 2.85. The van der Waals surface area contributed by atoms with Gasteiger partial charge >= 0.3 is 0 Å². The van der Waals surface area contributed by atoms with Crippen LogP contribution in [0.15, 0.2) is 24.3 Å². The summed E-state index contributed by atoms with van der Waals surface area (Å²) >= 11 is 0. The monoisotopic (exact) mass is 208 g/mol. The number of aliphatic hydroxyl groups is 1. The third-order valence-corrected chi connectivity index (χ3v) is 2.41. The smallest absolute Gasteiger partial charge is 0.118 e. The Morgan fingerprint density at radius 2 is 1.80 bits per heavy atom. The average molecular weight is 208 g/mol. The molecule has 0 amide bonds. The van der Waals surface area contributed by atoms with Crippen molar-refractivity contribution in [3.63, 3.8) is 0 Å². The molecule has 0 spiro atoms. The summed E-state index contributed by atoms with van der Waals surface area (Å²) in [5.74, 6) is 0.890. The largest absolute Gasteiger partial charge is 0.497 e. The van der Waals surface area contributed by atoms with Crippen molar-refractivity contribution in [3.05, 3.63) is 29.8 Å². The number of benzene rings is 1. The van der Waals surface area contributed by atoms with Crippen LogP contribution < -0.4 is 4.74 Å². The summed E-state index contributed by atoms with van der Waals surface area (Å²) in [6.45, 7) is 3.70. The predicted octanol–water partition coefficient (Wildman–Crippen LogP) is 2.79. The van der Waals surface area contributed by atoms with Crippen molar-refractivity contribution < 1.29 is 9.84 Å². The van der Waals surface area contributed by atoms with Crippen LogP contribution >= 0.6 is 0 Å². The fourth-order valence-electron chi connectivity index (χ4n) is 1.52. The normalized spacial score (nSPS) is 11.5. The van der Waals surface area contributed by atoms with Gasteiger partial charge in [0.05, 0.1) is 12.7 Å². The van der Waals surface area contributed by atoms with E-state index in [-0.39, 0.29) is 0 Å². The van der Waals surface area contributed by atoms with Gasteiger partial charge in [0.15, 0.2) is 0 Å². The Kier molecular flexibility index (Phi) is 4.15. The fraction of sp³-hybridized carbons (Fsp3) is 0.538. The molecule has 0 unspecified atom stereocenters. The van der Waals surface area contributed by atoms with E-state index in [0.29, 0.717) is 0 Å². The maximum Gasteiger partial charge on any atom is 0.118 e. The minimum Gasteiger partial charge on any atom is -0.497 e. The van der Waals surface area contributed by atoms with Gasteiger partial charge in [0, 0.05) is 0 Å². The highest BCUT2D eigenvalue weighted by atomic mass is 16.5. The predicted molar refractivity (Wildman–Crippen MR) is 62.2 cm³/mol. The number of hydrogen-bond donors (Lipinski definition) is 1. The van der Waals surface area contributed by atoms with Gasteiger partial charge in [-0.1, -0.05) is 12.1 Å². The number of rotatable bonds is 5. The zero-order valence-electron chi connectivity index (χ0n) is 9.79. The Morgan fingerprint density at radius 3 is 2.27 bits per heavy atom. The number of aryl methyl sites for hydroxylation is 1. The lowest BCUT2D eigenvalue weighted by atomic mass is 9.99. The van der Waals surface area contributed by atoms with Crippen LogP contribution in [0.2, 0.25) is 0 Å². The summed E-state index contributed by atoms with van der Waals surface area (Å²) in [5.41, 5.74) is 0.743. The lowest BCUT2D eigenvalue weighted by Gasteiger charge is -2.16. The Morgan fingerprint density at radius 1 is 1.20 bits per heavy atom. The molecule has 1 aromatic carbocycles. The second-order valence-electron chi connectivity index (χ2n) is 4.51. The topological polar surface area (TPSA) is 29.5 Å². The van der Waals surface area contributed by atoms with E-state index in [1.165, 1.54) is 5.56 Å². The zero-order chi connectivity index (χ0) is 11.3. The van der Waals surface area contributed by atoms with E-state index < -0.39 is 5.60 Å². The van der Waals surface area contributed by atoms with Gasteiger partial charge in [0.1, 0.15) is 5.75 Å². The van der Waals surface area contributed by atoms with Crippen LogP contribution in [0.4, 0.5) is 0 Å². The van der Waals surface area contributed by atoms with Crippen LogP contribution in [-0.4, -0.2) is 17.8 Å². The third kappa shape index (κ3) is 4.84. The van der Waals surface area contributed by atoms with Crippen molar-refractivity contribution in [1.82, 2.24) is 0 Å². The van der Waals surface area contributed by atoms with Crippen molar-refractivity contribution in [3.8, 4) is 5.75 Å². The summed E-state index contributed by atoms with van der Waals surface area (Å²) in [6, 6.07) is 8.09. The number of methoxy groups -OCH3 is 1. The highest BCUT2D eigenvalue weighted by Gasteiger charge is 2.11. The van der Waals surface area contributed by atoms with E-state index >= 15 is 0 Å². The number of ether oxygens (including phenoxy) is 1. The van der Waals surface area contributed by atoms with Gasteiger partial charge in [0.2, 0.25) is 0 Å². The lowest BCUT2D eigenvalue weighted by Crippen LogP contribution is -2.18. The molecule has 2 heteroatoms. The quantitative estimate of drug-likeness (QED) is 0.806. The molecule has 15 heavy (non-hydrogen) atoms. The van der Waals surface area contributed by atoms with E-state index in [9.17, 15) is 5.11 Å². The first-order chi connectivity index (χ1) is 7.01. The average Bonchev–Trinajstić information content (AvgIpc) is 2.17. The van der Waals surface area contributed by atoms with E-state index in [0.717, 1.165) is 25.0 Å². The molecular formula is C13H20O2. The molecule has 0 atom stereocenters. The van der Waals surface area contributed by atoms with Gasteiger partial charge in [-0.15, -0.1) is 0 Å². The summed E-state index contributed by atoms with van der Waals surface area (Å²) in [4.78, 5) is 0. The van der Waals surface area contributed by atoms with Crippen molar-refractivity contribution >= 4 is 0 Å². The zero-order valence-corrected chi connectivity index (χ0v) is 9.79. The first-order valence-corrected chi connectivity index (χ1v) is 5.36. The van der Waals surface area contributed by atoms with E-state index in [1.54, 1.807) is 7.11 Å². The number of hydrogen-bond acceptors (Lipinski definition) is 2. The van der Waals surface area contributed by atoms with Crippen molar-refractivity contribution in [2.75, 3.05) is 7.11 Å². The van der Waals surface area contributed by atoms with Crippen molar-refractivity contribution in [1.29, 1.82) is 0 Å². The molecule has 0 bridgehead atoms. The van der Waals surface area contributed by atoms with Gasteiger partial charge in [0.25, 0.3) is 0 Å². The fourth-order valence-corrected chi connectivity index (χ4v) is 1.52. The second kappa shape index (κ2) is 5.17. The molecular weight excluding hydrogens is 188 g/mol. The molecule has 84 valence electrons. The molecule has 0 aliphatic carbocycles. The van der Waals surface area contributed by atoms with Gasteiger partial charge in [-0.05, 0) is 50.8 Å². The first-order valence-electron chi connectivity index (χ1n) is 5.36. The molecule has 0 radical (unpaired) electrons. The second-order valence-corrected chi connectivity index (χ2v) is 4.51. The highest BCUT2D eigenvalue weighted by molar-refractivity contribution is 5.27. The molecule has 0 saturated heterocycles. The molecule has 1 rings (SSSR count). The van der Waals surface area contributed by atoms with Gasteiger partial charge in [-0.25, -0.2) is 0 Å². The SMILES string of the molecule is COc1ccc(CCCC(C)(C)O)cc1. The minimum atomic E-state index is -0.549. The maximum atomic E-state index is 9.56. The Balaban J connectivity index is 2.38. The van der Waals surface area contributed by atoms with Crippen molar-refractivity contribution in [2.24, 2.45) is 0 Å². The summed E-state index contributed by atoms with van der Waals surface area (Å²) in [5, 5.41) is 9.56. The van der Waals surface area contributed by atoms with E-state index in [4.69, 9.17) is 4.74 Å². The van der Waals surface area contributed by atoms with Crippen LogP contribution in [0.5, 0.6) is 5.75 Å². The Labute approximate surface area is 91.9 Å². The standard InChI is InChI=1S/C13H20O2/c1-13(2,14)10-4-5-11-6-8-12(15-3)9-7-11/h6-9,14H,4-5,10H2,1-3H3. The van der Waals surface area contributed by atoms with Gasteiger partial charge in [-0.2, -0.15) is 0 Å². The molecule has 0 fully saturated rings. The van der Waals surface area contributed by atoms with Crippen molar-refractivity contribution in [2.45, 2.75) is 38.7 Å². The Bertz CT molecular complexity index is 282. The molecule has 0 aliphatic heterocycles. The van der Waals surface area contributed by atoms with Crippen LogP contribution in [0.25, 0.3) is 0 Å². The van der Waals surface area contributed by atoms with Crippen LogP contribution in [0, 0.1) is 0 Å². The molecule has 0 heterocycles. The van der Waals surface area contributed by atoms with Crippen LogP contribution in [0.3, 0.4) is 0 Å². The molecule has 1 aromatic rings.